The molecule has 2 N–H and O–H groups in total. The van der Waals surface area contributed by atoms with Gasteiger partial charge in [-0.3, -0.25) is 0 Å². The molecule has 3 aromatic carbocycles. The predicted octanol–water partition coefficient (Wildman–Crippen LogP) is 5.23. The first-order chi connectivity index (χ1) is 10.2. The molecule has 0 aliphatic heterocycles. The molecule has 3 rings (SSSR count). The van der Waals surface area contributed by atoms with Crippen LogP contribution in [0, 0.1) is 6.92 Å². The number of nitrogens with one attached hydrogen (secondary N) is 1. The molecule has 0 unspecified atom stereocenters. The minimum atomic E-state index is 0.367. The Labute approximate surface area is 132 Å². The highest BCUT2D eigenvalue weighted by Gasteiger charge is 2.06. The second-order valence-corrected chi connectivity index (χ2v) is 5.93. The second kappa shape index (κ2) is 5.78. The van der Waals surface area contributed by atoms with Gasteiger partial charge in [0.1, 0.15) is 5.75 Å². The van der Waals surface area contributed by atoms with Crippen LogP contribution in [0.1, 0.15) is 11.1 Å². The fraction of sp³-hybridized carbons (Fsp3) is 0.111. The highest BCUT2D eigenvalue weighted by molar-refractivity contribution is 9.10. The maximum absolute atomic E-state index is 10.1. The van der Waals surface area contributed by atoms with E-state index in [-0.39, 0.29) is 0 Å². The van der Waals surface area contributed by atoms with Crippen LogP contribution in [-0.4, -0.2) is 5.11 Å². The van der Waals surface area contributed by atoms with Gasteiger partial charge >= 0.3 is 0 Å². The van der Waals surface area contributed by atoms with E-state index >= 15 is 0 Å². The van der Waals surface area contributed by atoms with Crippen LogP contribution in [0.5, 0.6) is 5.75 Å². The van der Waals surface area contributed by atoms with Gasteiger partial charge in [-0.1, -0.05) is 58.4 Å². The van der Waals surface area contributed by atoms with E-state index in [1.165, 1.54) is 10.8 Å². The molecule has 0 aromatic heterocycles. The Morgan fingerprint density at radius 1 is 0.952 bits per heavy atom. The number of aromatic hydroxyl groups is 1. The number of para-hydroxylation sites is 1. The van der Waals surface area contributed by atoms with Crippen molar-refractivity contribution in [3.8, 4) is 5.75 Å². The molecule has 0 aliphatic rings. The Bertz CT molecular complexity index is 798. The summed E-state index contributed by atoms with van der Waals surface area (Å²) < 4.78 is 1.09. The van der Waals surface area contributed by atoms with E-state index in [0.717, 1.165) is 21.3 Å². The van der Waals surface area contributed by atoms with E-state index in [4.69, 9.17) is 0 Å². The summed E-state index contributed by atoms with van der Waals surface area (Å²) in [7, 11) is 0. The largest absolute Gasteiger partial charge is 0.507 e. The summed E-state index contributed by atoms with van der Waals surface area (Å²) in [5.74, 6) is 0.367. The first-order valence-electron chi connectivity index (χ1n) is 6.85. The topological polar surface area (TPSA) is 32.3 Å². The normalized spacial score (nSPS) is 10.8. The molecule has 106 valence electrons. The number of fused-ring (bicyclic) bond motifs is 1. The predicted molar refractivity (Wildman–Crippen MR) is 91.8 cm³/mol. The van der Waals surface area contributed by atoms with Gasteiger partial charge in [-0.2, -0.15) is 0 Å². The highest BCUT2D eigenvalue weighted by Crippen LogP contribution is 2.31. The van der Waals surface area contributed by atoms with Gasteiger partial charge in [0.2, 0.25) is 0 Å². The fourth-order valence-electron chi connectivity index (χ4n) is 2.47. The summed E-state index contributed by atoms with van der Waals surface area (Å²) in [6, 6.07) is 18.2. The minimum absolute atomic E-state index is 0.367. The van der Waals surface area contributed by atoms with Crippen molar-refractivity contribution < 1.29 is 5.11 Å². The van der Waals surface area contributed by atoms with Crippen molar-refractivity contribution in [2.24, 2.45) is 0 Å². The van der Waals surface area contributed by atoms with Gasteiger partial charge in [-0.25, -0.2) is 0 Å². The zero-order valence-corrected chi connectivity index (χ0v) is 13.3. The van der Waals surface area contributed by atoms with E-state index in [0.29, 0.717) is 12.3 Å². The second-order valence-electron chi connectivity index (χ2n) is 5.08. The maximum Gasteiger partial charge on any atom is 0.123 e. The fourth-order valence-corrected chi connectivity index (χ4v) is 2.95. The molecule has 0 saturated heterocycles. The molecular formula is C18H16BrNO. The van der Waals surface area contributed by atoms with E-state index in [9.17, 15) is 5.11 Å². The van der Waals surface area contributed by atoms with Crippen LogP contribution in [0.4, 0.5) is 5.69 Å². The van der Waals surface area contributed by atoms with Gasteiger partial charge in [0.25, 0.3) is 0 Å². The lowest BCUT2D eigenvalue weighted by Gasteiger charge is -2.12. The van der Waals surface area contributed by atoms with Crippen molar-refractivity contribution in [2.45, 2.75) is 13.5 Å². The maximum atomic E-state index is 10.1. The third kappa shape index (κ3) is 2.74. The van der Waals surface area contributed by atoms with Gasteiger partial charge in [0, 0.05) is 27.7 Å². The lowest BCUT2D eigenvalue weighted by molar-refractivity contribution is 0.465. The van der Waals surface area contributed by atoms with E-state index < -0.39 is 0 Å². The average Bonchev–Trinajstić information content (AvgIpc) is 2.51. The average molecular weight is 342 g/mol. The van der Waals surface area contributed by atoms with Gasteiger partial charge in [-0.15, -0.1) is 0 Å². The summed E-state index contributed by atoms with van der Waals surface area (Å²) in [5.41, 5.74) is 2.87. The molecule has 3 heteroatoms. The number of phenolic OH excluding ortho intramolecular Hbond substituents is 1. The lowest BCUT2D eigenvalue weighted by atomic mass is 10.1. The number of hydrogen-bond acceptors (Lipinski definition) is 2. The smallest absolute Gasteiger partial charge is 0.123 e. The summed E-state index contributed by atoms with van der Waals surface area (Å²) in [6.07, 6.45) is 0. The number of rotatable bonds is 3. The van der Waals surface area contributed by atoms with Crippen molar-refractivity contribution in [3.05, 3.63) is 70.2 Å². The molecule has 0 aliphatic carbocycles. The van der Waals surface area contributed by atoms with Crippen LogP contribution < -0.4 is 5.32 Å². The quantitative estimate of drug-likeness (QED) is 0.683. The number of hydrogen-bond donors (Lipinski definition) is 2. The highest BCUT2D eigenvalue weighted by atomic mass is 79.9. The standard InChI is InChI=1S/C18H16BrNO/c1-12-5-4-6-13(18(12)21)11-20-17-10-9-16(19)14-7-2-3-8-15(14)17/h2-10,20-21H,11H2,1H3. The Morgan fingerprint density at radius 2 is 1.71 bits per heavy atom. The monoisotopic (exact) mass is 341 g/mol. The first kappa shape index (κ1) is 14.0. The van der Waals surface area contributed by atoms with E-state index in [2.05, 4.69) is 39.4 Å². The number of halogens is 1. The zero-order valence-electron chi connectivity index (χ0n) is 11.7. The van der Waals surface area contributed by atoms with Gasteiger partial charge in [-0.05, 0) is 30.0 Å². The SMILES string of the molecule is Cc1cccc(CNc2ccc(Br)c3ccccc23)c1O. The number of phenols is 1. The molecular weight excluding hydrogens is 326 g/mol. The molecule has 3 aromatic rings. The molecule has 0 heterocycles. The Morgan fingerprint density at radius 3 is 2.52 bits per heavy atom. The van der Waals surface area contributed by atoms with Crippen molar-refractivity contribution in [1.29, 1.82) is 0 Å². The number of anilines is 1. The number of benzene rings is 3. The van der Waals surface area contributed by atoms with E-state index in [1.54, 1.807) is 0 Å². The van der Waals surface area contributed by atoms with Gasteiger partial charge in [0.05, 0.1) is 0 Å². The van der Waals surface area contributed by atoms with Crippen LogP contribution in [0.3, 0.4) is 0 Å². The summed E-state index contributed by atoms with van der Waals surface area (Å²) in [5, 5.41) is 15.8. The van der Waals surface area contributed by atoms with Crippen molar-refractivity contribution >= 4 is 32.4 Å². The molecule has 0 fully saturated rings. The molecule has 0 bridgehead atoms. The first-order valence-corrected chi connectivity index (χ1v) is 7.64. The van der Waals surface area contributed by atoms with Crippen LogP contribution in [-0.2, 0) is 6.54 Å². The Hall–Kier alpha value is -2.00. The van der Waals surface area contributed by atoms with Gasteiger partial charge in [0.15, 0.2) is 0 Å². The Kier molecular flexibility index (Phi) is 3.84. The summed E-state index contributed by atoms with van der Waals surface area (Å²) in [4.78, 5) is 0. The zero-order chi connectivity index (χ0) is 14.8. The molecule has 0 saturated carbocycles. The molecule has 21 heavy (non-hydrogen) atoms. The third-order valence-corrected chi connectivity index (χ3v) is 4.35. The molecule has 0 spiro atoms. The van der Waals surface area contributed by atoms with E-state index in [1.807, 2.05) is 43.3 Å². The minimum Gasteiger partial charge on any atom is -0.507 e. The van der Waals surface area contributed by atoms with Crippen LogP contribution in [0.15, 0.2) is 59.1 Å². The molecule has 0 amide bonds. The summed E-state index contributed by atoms with van der Waals surface area (Å²) >= 11 is 3.58. The van der Waals surface area contributed by atoms with Crippen LogP contribution >= 0.6 is 15.9 Å². The van der Waals surface area contributed by atoms with Crippen LogP contribution in [0.25, 0.3) is 10.8 Å². The molecule has 0 atom stereocenters. The van der Waals surface area contributed by atoms with Crippen molar-refractivity contribution in [1.82, 2.24) is 0 Å². The van der Waals surface area contributed by atoms with Crippen LogP contribution in [0.2, 0.25) is 0 Å². The van der Waals surface area contributed by atoms with Crippen molar-refractivity contribution in [3.63, 3.8) is 0 Å². The lowest BCUT2D eigenvalue weighted by Crippen LogP contribution is -2.01. The Balaban J connectivity index is 1.92. The van der Waals surface area contributed by atoms with Crippen molar-refractivity contribution in [2.75, 3.05) is 5.32 Å². The van der Waals surface area contributed by atoms with Gasteiger partial charge < -0.3 is 10.4 Å². The molecule has 2 nitrogen and oxygen atoms in total. The third-order valence-electron chi connectivity index (χ3n) is 3.66. The summed E-state index contributed by atoms with van der Waals surface area (Å²) in [6.45, 7) is 2.51. The molecule has 0 radical (unpaired) electrons. The number of aryl methyl sites for hydroxylation is 1.